The molecule has 0 saturated carbocycles. The highest BCUT2D eigenvalue weighted by molar-refractivity contribution is 6.31. The number of Topliss-reactive ketones (excluding diaryl/α,β-unsaturated/α-hetero) is 1. The van der Waals surface area contributed by atoms with Crippen molar-refractivity contribution in [2.45, 2.75) is 31.6 Å². The molecular weight excluding hydrogens is 424 g/mol. The van der Waals surface area contributed by atoms with Gasteiger partial charge in [-0.1, -0.05) is 35.9 Å². The monoisotopic (exact) mass is 444 g/mol. The van der Waals surface area contributed by atoms with E-state index in [4.69, 9.17) is 17.3 Å². The Hall–Kier alpha value is -3.56. The summed E-state index contributed by atoms with van der Waals surface area (Å²) < 4.78 is 0. The van der Waals surface area contributed by atoms with Gasteiger partial charge in [0, 0.05) is 46.7 Å². The van der Waals surface area contributed by atoms with Crippen molar-refractivity contribution in [1.29, 1.82) is 5.26 Å². The van der Waals surface area contributed by atoms with Crippen molar-refractivity contribution in [1.82, 2.24) is 0 Å². The third-order valence-electron chi connectivity index (χ3n) is 6.72. The van der Waals surface area contributed by atoms with Gasteiger partial charge in [-0.05, 0) is 43.5 Å². The molecule has 1 spiro atoms. The van der Waals surface area contributed by atoms with E-state index in [1.807, 2.05) is 43.3 Å². The number of aryl methyl sites for hydroxylation is 1. The molecule has 0 saturated heterocycles. The van der Waals surface area contributed by atoms with E-state index in [0.717, 1.165) is 5.56 Å². The van der Waals surface area contributed by atoms with Gasteiger partial charge in [-0.2, -0.15) is 5.26 Å². The van der Waals surface area contributed by atoms with E-state index in [2.05, 4.69) is 6.07 Å². The van der Waals surface area contributed by atoms with Crippen LogP contribution in [0, 0.1) is 18.3 Å². The predicted octanol–water partition coefficient (Wildman–Crippen LogP) is 4.08. The molecule has 32 heavy (non-hydrogen) atoms. The van der Waals surface area contributed by atoms with Crippen molar-refractivity contribution in [2.75, 3.05) is 16.8 Å². The molecule has 2 aliphatic heterocycles. The highest BCUT2D eigenvalue weighted by Gasteiger charge is 2.61. The highest BCUT2D eigenvalue weighted by atomic mass is 35.5. The summed E-state index contributed by atoms with van der Waals surface area (Å²) in [6, 6.07) is 15.0. The summed E-state index contributed by atoms with van der Waals surface area (Å²) in [6.07, 6.45) is 1.53. The summed E-state index contributed by atoms with van der Waals surface area (Å²) in [5.74, 6) is -0.310. The summed E-state index contributed by atoms with van der Waals surface area (Å²) in [6.45, 7) is 1.90. The largest absolute Gasteiger partial charge is 0.384 e. The average molecular weight is 445 g/mol. The fourth-order valence-corrected chi connectivity index (χ4v) is 5.43. The molecule has 1 atom stereocenters. The third kappa shape index (κ3) is 2.40. The number of ketones is 1. The molecule has 2 aromatic rings. The molecule has 2 N–H and O–H groups in total. The number of halogens is 1. The van der Waals surface area contributed by atoms with Gasteiger partial charge in [0.15, 0.2) is 5.78 Å². The van der Waals surface area contributed by atoms with Crippen molar-refractivity contribution in [3.63, 3.8) is 0 Å². The van der Waals surface area contributed by atoms with Gasteiger partial charge in [-0.15, -0.1) is 0 Å². The average Bonchev–Trinajstić information content (AvgIpc) is 2.99. The van der Waals surface area contributed by atoms with E-state index >= 15 is 0 Å². The van der Waals surface area contributed by atoms with Crippen LogP contribution in [0.1, 0.15) is 30.4 Å². The molecule has 2 heterocycles. The summed E-state index contributed by atoms with van der Waals surface area (Å²) >= 11 is 6.39. The predicted molar refractivity (Wildman–Crippen MR) is 123 cm³/mol. The van der Waals surface area contributed by atoms with Gasteiger partial charge in [0.2, 0.25) is 5.91 Å². The zero-order chi connectivity index (χ0) is 22.8. The summed E-state index contributed by atoms with van der Waals surface area (Å²) in [7, 11) is 1.67. The van der Waals surface area contributed by atoms with E-state index in [0.29, 0.717) is 52.5 Å². The van der Waals surface area contributed by atoms with Gasteiger partial charge in [0.05, 0.1) is 5.57 Å². The van der Waals surface area contributed by atoms with Crippen molar-refractivity contribution < 1.29 is 9.59 Å². The lowest BCUT2D eigenvalue weighted by atomic mass is 9.64. The first-order valence-corrected chi connectivity index (χ1v) is 10.8. The van der Waals surface area contributed by atoms with Crippen LogP contribution in [0.25, 0.3) is 0 Å². The number of likely N-dealkylation sites (N-methyl/N-ethyl adjacent to an activating group) is 1. The number of hydrogen-bond donors (Lipinski definition) is 1. The Morgan fingerprint density at radius 1 is 1.16 bits per heavy atom. The van der Waals surface area contributed by atoms with Gasteiger partial charge < -0.3 is 10.6 Å². The first kappa shape index (κ1) is 20.3. The minimum atomic E-state index is -1.53. The first-order chi connectivity index (χ1) is 15.3. The Kier molecular flexibility index (Phi) is 4.44. The molecule has 0 unspecified atom stereocenters. The zero-order valence-corrected chi connectivity index (χ0v) is 18.5. The number of rotatable bonds is 1. The van der Waals surface area contributed by atoms with Crippen LogP contribution in [0.3, 0.4) is 0 Å². The maximum absolute atomic E-state index is 13.9. The number of nitriles is 1. The molecule has 5 rings (SSSR count). The van der Waals surface area contributed by atoms with Crippen LogP contribution in [0.5, 0.6) is 0 Å². The fraction of sp³-hybridized carbons (Fsp3) is 0.240. The van der Waals surface area contributed by atoms with Crippen molar-refractivity contribution in [3.05, 3.63) is 81.3 Å². The van der Waals surface area contributed by atoms with Gasteiger partial charge >= 0.3 is 0 Å². The number of carbonyl (C=O) groups is 2. The van der Waals surface area contributed by atoms with Crippen LogP contribution in [0.2, 0.25) is 5.02 Å². The molecule has 2 aromatic carbocycles. The molecule has 0 bridgehead atoms. The van der Waals surface area contributed by atoms with Crippen LogP contribution in [-0.4, -0.2) is 18.7 Å². The first-order valence-electron chi connectivity index (χ1n) is 10.4. The number of carbonyl (C=O) groups excluding carboxylic acids is 2. The molecule has 0 aromatic heterocycles. The second kappa shape index (κ2) is 6.98. The quantitative estimate of drug-likeness (QED) is 0.715. The number of anilines is 2. The standard InChI is InChI=1S/C25H21ClN4O2/c1-14-10-11-15(12-18(14)26)30-20-8-5-9-21(31)22(20)25(17(13-27)23(30)28)16-6-3-4-7-19(16)29(2)24(25)32/h3-4,6-7,10-12H,5,8-9,28H2,1-2H3/t25-/m0/s1. The Bertz CT molecular complexity index is 1320. The van der Waals surface area contributed by atoms with E-state index in [9.17, 15) is 14.9 Å². The van der Waals surface area contributed by atoms with Gasteiger partial charge in [0.1, 0.15) is 17.3 Å². The van der Waals surface area contributed by atoms with Crippen LogP contribution in [-0.2, 0) is 15.0 Å². The summed E-state index contributed by atoms with van der Waals surface area (Å²) in [5, 5.41) is 10.9. The number of para-hydroxylation sites is 1. The minimum Gasteiger partial charge on any atom is -0.384 e. The number of allylic oxidation sites excluding steroid dienone is 1. The highest BCUT2D eigenvalue weighted by Crippen LogP contribution is 2.56. The Labute approximate surface area is 191 Å². The van der Waals surface area contributed by atoms with Crippen LogP contribution < -0.4 is 15.5 Å². The number of benzene rings is 2. The maximum Gasteiger partial charge on any atom is 0.247 e. The number of nitrogens with zero attached hydrogens (tertiary/aromatic N) is 3. The van der Waals surface area contributed by atoms with E-state index in [1.54, 1.807) is 18.0 Å². The Balaban J connectivity index is 1.89. The molecule has 1 amide bonds. The molecule has 3 aliphatic rings. The van der Waals surface area contributed by atoms with E-state index in [-0.39, 0.29) is 23.1 Å². The second-order valence-corrected chi connectivity index (χ2v) is 8.78. The van der Waals surface area contributed by atoms with Crippen molar-refractivity contribution >= 4 is 34.7 Å². The topological polar surface area (TPSA) is 90.4 Å². The maximum atomic E-state index is 13.9. The second-order valence-electron chi connectivity index (χ2n) is 8.37. The molecule has 7 heteroatoms. The van der Waals surface area contributed by atoms with Crippen molar-refractivity contribution in [2.24, 2.45) is 5.73 Å². The van der Waals surface area contributed by atoms with Crippen LogP contribution in [0.4, 0.5) is 11.4 Å². The number of amides is 1. The Morgan fingerprint density at radius 3 is 2.62 bits per heavy atom. The minimum absolute atomic E-state index is 0.0741. The van der Waals surface area contributed by atoms with Gasteiger partial charge in [-0.25, -0.2) is 0 Å². The third-order valence-corrected chi connectivity index (χ3v) is 7.13. The molecular formula is C25H21ClN4O2. The van der Waals surface area contributed by atoms with Crippen LogP contribution >= 0.6 is 11.6 Å². The van der Waals surface area contributed by atoms with Gasteiger partial charge in [-0.3, -0.25) is 14.5 Å². The lowest BCUT2D eigenvalue weighted by Gasteiger charge is -2.43. The van der Waals surface area contributed by atoms with Gasteiger partial charge in [0.25, 0.3) is 0 Å². The number of hydrogen-bond acceptors (Lipinski definition) is 5. The molecule has 0 fully saturated rings. The Morgan fingerprint density at radius 2 is 1.91 bits per heavy atom. The lowest BCUT2D eigenvalue weighted by Crippen LogP contribution is -2.52. The molecule has 6 nitrogen and oxygen atoms in total. The lowest BCUT2D eigenvalue weighted by molar-refractivity contribution is -0.124. The normalized spacial score (nSPS) is 22.4. The molecule has 1 aliphatic carbocycles. The van der Waals surface area contributed by atoms with Crippen LogP contribution in [0.15, 0.2) is 65.1 Å². The summed E-state index contributed by atoms with van der Waals surface area (Å²) in [4.78, 5) is 30.6. The number of nitrogens with two attached hydrogens (primary N) is 1. The number of fused-ring (bicyclic) bond motifs is 3. The molecule has 160 valence electrons. The summed E-state index contributed by atoms with van der Waals surface area (Å²) in [5.41, 5.74) is 9.08. The van der Waals surface area contributed by atoms with E-state index < -0.39 is 5.41 Å². The molecule has 0 radical (unpaired) electrons. The zero-order valence-electron chi connectivity index (χ0n) is 17.8. The SMILES string of the molecule is Cc1ccc(N2C(N)=C(C#N)[C@]3(C(=O)N(C)c4ccccc43)C3=C2CCCC3=O)cc1Cl. The smallest absolute Gasteiger partial charge is 0.247 e. The van der Waals surface area contributed by atoms with E-state index in [1.165, 1.54) is 4.90 Å². The fourth-order valence-electron chi connectivity index (χ4n) is 5.25. The van der Waals surface area contributed by atoms with Crippen molar-refractivity contribution in [3.8, 4) is 6.07 Å².